The van der Waals surface area contributed by atoms with Gasteiger partial charge in [0.25, 0.3) is 0 Å². The SMILES string of the molecule is CCCn1c(CCS)nc2cc(CC)ccc21. The molecule has 1 aromatic heterocycles. The number of hydrogen-bond acceptors (Lipinski definition) is 2. The minimum absolute atomic E-state index is 0.855. The van der Waals surface area contributed by atoms with Gasteiger partial charge in [-0.2, -0.15) is 12.6 Å². The smallest absolute Gasteiger partial charge is 0.110 e. The number of imidazole rings is 1. The van der Waals surface area contributed by atoms with Crippen LogP contribution in [0.4, 0.5) is 0 Å². The summed E-state index contributed by atoms with van der Waals surface area (Å²) >= 11 is 4.31. The Morgan fingerprint density at radius 2 is 2.12 bits per heavy atom. The van der Waals surface area contributed by atoms with E-state index in [0.29, 0.717) is 0 Å². The summed E-state index contributed by atoms with van der Waals surface area (Å²) in [7, 11) is 0. The molecule has 0 N–H and O–H groups in total. The highest BCUT2D eigenvalue weighted by molar-refractivity contribution is 7.80. The monoisotopic (exact) mass is 248 g/mol. The number of rotatable bonds is 5. The molecule has 3 heteroatoms. The molecule has 0 aliphatic rings. The summed E-state index contributed by atoms with van der Waals surface area (Å²) in [6.45, 7) is 5.43. The molecule has 0 atom stereocenters. The van der Waals surface area contributed by atoms with Crippen LogP contribution in [0.25, 0.3) is 11.0 Å². The van der Waals surface area contributed by atoms with Crippen LogP contribution in [0.2, 0.25) is 0 Å². The van der Waals surface area contributed by atoms with E-state index in [1.165, 1.54) is 16.9 Å². The molecule has 0 aliphatic carbocycles. The fraction of sp³-hybridized carbons (Fsp3) is 0.500. The lowest BCUT2D eigenvalue weighted by Crippen LogP contribution is -2.04. The normalized spacial score (nSPS) is 11.2. The Bertz CT molecular complexity index is 502. The second-order valence-corrected chi connectivity index (χ2v) is 4.78. The number of benzene rings is 1. The van der Waals surface area contributed by atoms with E-state index in [0.717, 1.165) is 37.1 Å². The molecule has 0 spiro atoms. The van der Waals surface area contributed by atoms with Gasteiger partial charge in [-0.3, -0.25) is 0 Å². The minimum Gasteiger partial charge on any atom is -0.328 e. The van der Waals surface area contributed by atoms with Crippen LogP contribution in [-0.2, 0) is 19.4 Å². The van der Waals surface area contributed by atoms with Crippen molar-refractivity contribution in [3.8, 4) is 0 Å². The van der Waals surface area contributed by atoms with Crippen molar-refractivity contribution < 1.29 is 0 Å². The van der Waals surface area contributed by atoms with Crippen molar-refractivity contribution >= 4 is 23.7 Å². The van der Waals surface area contributed by atoms with Crippen molar-refractivity contribution in [2.75, 3.05) is 5.75 Å². The van der Waals surface area contributed by atoms with E-state index in [4.69, 9.17) is 4.98 Å². The van der Waals surface area contributed by atoms with Crippen LogP contribution >= 0.6 is 12.6 Å². The van der Waals surface area contributed by atoms with Crippen molar-refractivity contribution in [2.45, 2.75) is 39.7 Å². The molecule has 0 saturated heterocycles. The van der Waals surface area contributed by atoms with Gasteiger partial charge in [0, 0.05) is 13.0 Å². The summed E-state index contributed by atoms with van der Waals surface area (Å²) in [5, 5.41) is 0. The summed E-state index contributed by atoms with van der Waals surface area (Å²) in [4.78, 5) is 4.74. The Kier molecular flexibility index (Phi) is 4.11. The van der Waals surface area contributed by atoms with Crippen LogP contribution in [0, 0.1) is 0 Å². The van der Waals surface area contributed by atoms with Gasteiger partial charge in [0.2, 0.25) is 0 Å². The first-order valence-corrected chi connectivity index (χ1v) is 7.02. The lowest BCUT2D eigenvalue weighted by molar-refractivity contribution is 0.661. The number of thiol groups is 1. The first kappa shape index (κ1) is 12.5. The highest BCUT2D eigenvalue weighted by Crippen LogP contribution is 2.19. The molecule has 2 rings (SSSR count). The number of fused-ring (bicyclic) bond motifs is 1. The molecule has 17 heavy (non-hydrogen) atoms. The fourth-order valence-corrected chi connectivity index (χ4v) is 2.41. The van der Waals surface area contributed by atoms with Gasteiger partial charge in [0.15, 0.2) is 0 Å². The zero-order valence-corrected chi connectivity index (χ0v) is 11.5. The van der Waals surface area contributed by atoms with Crippen LogP contribution in [0.5, 0.6) is 0 Å². The Balaban J connectivity index is 2.52. The predicted octanol–water partition coefficient (Wildman–Crippen LogP) is 3.48. The van der Waals surface area contributed by atoms with Gasteiger partial charge >= 0.3 is 0 Å². The molecule has 2 aromatic rings. The number of hydrogen-bond donors (Lipinski definition) is 1. The van der Waals surface area contributed by atoms with E-state index in [2.05, 4.69) is 49.2 Å². The Labute approximate surface area is 108 Å². The van der Waals surface area contributed by atoms with Gasteiger partial charge in [0.05, 0.1) is 11.0 Å². The standard InChI is InChI=1S/C14H20N2S/c1-3-8-16-13-6-5-11(4-2)10-12(13)15-14(16)7-9-17/h5-6,10,17H,3-4,7-9H2,1-2H3. The van der Waals surface area contributed by atoms with E-state index in [1.807, 2.05) is 0 Å². The molecule has 1 aromatic carbocycles. The van der Waals surface area contributed by atoms with E-state index in [-0.39, 0.29) is 0 Å². The Morgan fingerprint density at radius 1 is 1.29 bits per heavy atom. The fourth-order valence-electron chi connectivity index (χ4n) is 2.21. The largest absolute Gasteiger partial charge is 0.328 e. The van der Waals surface area contributed by atoms with Crippen molar-refractivity contribution in [3.63, 3.8) is 0 Å². The maximum Gasteiger partial charge on any atom is 0.110 e. The molecule has 0 saturated carbocycles. The average Bonchev–Trinajstić information content (AvgIpc) is 2.68. The van der Waals surface area contributed by atoms with Gasteiger partial charge in [-0.05, 0) is 36.3 Å². The molecule has 0 bridgehead atoms. The Hall–Kier alpha value is -0.960. The van der Waals surface area contributed by atoms with Gasteiger partial charge in [0.1, 0.15) is 5.82 Å². The molecule has 0 amide bonds. The van der Waals surface area contributed by atoms with E-state index in [9.17, 15) is 0 Å². The van der Waals surface area contributed by atoms with Crippen LogP contribution in [0.15, 0.2) is 18.2 Å². The van der Waals surface area contributed by atoms with E-state index >= 15 is 0 Å². The molecule has 0 fully saturated rings. The second-order valence-electron chi connectivity index (χ2n) is 4.33. The number of aromatic nitrogens is 2. The quantitative estimate of drug-likeness (QED) is 0.802. The molecule has 0 radical (unpaired) electrons. The molecular formula is C14H20N2S. The summed E-state index contributed by atoms with van der Waals surface area (Å²) in [5.74, 6) is 2.03. The van der Waals surface area contributed by atoms with Crippen LogP contribution < -0.4 is 0 Å². The zero-order valence-electron chi connectivity index (χ0n) is 10.6. The Morgan fingerprint density at radius 3 is 2.76 bits per heavy atom. The maximum atomic E-state index is 4.74. The molecule has 92 valence electrons. The molecule has 2 nitrogen and oxygen atoms in total. The van der Waals surface area contributed by atoms with Gasteiger partial charge in [-0.15, -0.1) is 0 Å². The van der Waals surface area contributed by atoms with Crippen molar-refractivity contribution in [1.82, 2.24) is 9.55 Å². The first-order valence-electron chi connectivity index (χ1n) is 6.39. The third kappa shape index (κ3) is 2.49. The highest BCUT2D eigenvalue weighted by Gasteiger charge is 2.09. The summed E-state index contributed by atoms with van der Waals surface area (Å²) in [6.07, 6.45) is 3.15. The minimum atomic E-state index is 0.855. The molecule has 0 aliphatic heterocycles. The van der Waals surface area contributed by atoms with Crippen LogP contribution in [0.3, 0.4) is 0 Å². The van der Waals surface area contributed by atoms with E-state index in [1.54, 1.807) is 0 Å². The van der Waals surface area contributed by atoms with Crippen LogP contribution in [-0.4, -0.2) is 15.3 Å². The predicted molar refractivity (Wildman–Crippen MR) is 77.0 cm³/mol. The first-order chi connectivity index (χ1) is 8.30. The number of nitrogens with zero attached hydrogens (tertiary/aromatic N) is 2. The van der Waals surface area contributed by atoms with Crippen molar-refractivity contribution in [3.05, 3.63) is 29.6 Å². The topological polar surface area (TPSA) is 17.8 Å². The lowest BCUT2D eigenvalue weighted by atomic mass is 10.1. The molecule has 0 unspecified atom stereocenters. The van der Waals surface area contributed by atoms with E-state index < -0.39 is 0 Å². The number of aryl methyl sites for hydroxylation is 3. The average molecular weight is 248 g/mol. The van der Waals surface area contributed by atoms with Crippen molar-refractivity contribution in [1.29, 1.82) is 0 Å². The summed E-state index contributed by atoms with van der Waals surface area (Å²) in [5.41, 5.74) is 3.76. The molecule has 1 heterocycles. The van der Waals surface area contributed by atoms with Crippen LogP contribution in [0.1, 0.15) is 31.7 Å². The highest BCUT2D eigenvalue weighted by atomic mass is 32.1. The van der Waals surface area contributed by atoms with Gasteiger partial charge < -0.3 is 4.57 Å². The zero-order chi connectivity index (χ0) is 12.3. The molecular weight excluding hydrogens is 228 g/mol. The van der Waals surface area contributed by atoms with Gasteiger partial charge in [-0.25, -0.2) is 4.98 Å². The second kappa shape index (κ2) is 5.58. The lowest BCUT2D eigenvalue weighted by Gasteiger charge is -2.06. The third-order valence-corrected chi connectivity index (χ3v) is 3.31. The maximum absolute atomic E-state index is 4.74. The summed E-state index contributed by atoms with van der Waals surface area (Å²) < 4.78 is 2.34. The van der Waals surface area contributed by atoms with Gasteiger partial charge in [-0.1, -0.05) is 19.9 Å². The van der Waals surface area contributed by atoms with Crippen molar-refractivity contribution in [2.24, 2.45) is 0 Å². The third-order valence-electron chi connectivity index (χ3n) is 3.08. The summed E-state index contributed by atoms with van der Waals surface area (Å²) in [6, 6.07) is 6.63.